The van der Waals surface area contributed by atoms with Crippen molar-refractivity contribution in [2.45, 2.75) is 39.7 Å². The van der Waals surface area contributed by atoms with Crippen LogP contribution in [0.25, 0.3) is 0 Å². The predicted octanol–water partition coefficient (Wildman–Crippen LogP) is 3.43. The van der Waals surface area contributed by atoms with Crippen molar-refractivity contribution in [1.82, 2.24) is 15.1 Å². The zero-order valence-corrected chi connectivity index (χ0v) is 13.4. The number of alkyl halides is 3. The van der Waals surface area contributed by atoms with Crippen molar-refractivity contribution in [3.05, 3.63) is 47.3 Å². The number of aromatic nitrogens is 2. The van der Waals surface area contributed by atoms with E-state index in [1.807, 2.05) is 6.92 Å². The minimum absolute atomic E-state index is 0.0896. The summed E-state index contributed by atoms with van der Waals surface area (Å²) in [5, 5.41) is 6.82. The Morgan fingerprint density at radius 3 is 2.79 bits per heavy atom. The molecule has 0 saturated carbocycles. The predicted molar refractivity (Wildman–Crippen MR) is 81.6 cm³/mol. The zero-order valence-electron chi connectivity index (χ0n) is 13.4. The fraction of sp³-hybridized carbons (Fsp3) is 0.375. The molecule has 1 N–H and O–H groups in total. The van der Waals surface area contributed by atoms with E-state index in [2.05, 4.69) is 15.2 Å². The largest absolute Gasteiger partial charge is 0.573 e. The smallest absolute Gasteiger partial charge is 0.406 e. The lowest BCUT2D eigenvalue weighted by atomic mass is 10.2. The van der Waals surface area contributed by atoms with Crippen molar-refractivity contribution in [1.29, 1.82) is 0 Å². The van der Waals surface area contributed by atoms with Gasteiger partial charge < -0.3 is 10.1 Å². The van der Waals surface area contributed by atoms with Gasteiger partial charge in [-0.05, 0) is 31.0 Å². The van der Waals surface area contributed by atoms with Crippen LogP contribution in [0.4, 0.5) is 13.2 Å². The van der Waals surface area contributed by atoms with Gasteiger partial charge in [0.2, 0.25) is 0 Å². The molecule has 2 rings (SSSR count). The molecule has 24 heavy (non-hydrogen) atoms. The Bertz CT molecular complexity index is 711. The van der Waals surface area contributed by atoms with Gasteiger partial charge in [0.1, 0.15) is 5.75 Å². The van der Waals surface area contributed by atoms with Gasteiger partial charge >= 0.3 is 6.36 Å². The first kappa shape index (κ1) is 17.8. The minimum Gasteiger partial charge on any atom is -0.406 e. The van der Waals surface area contributed by atoms with Crippen molar-refractivity contribution >= 4 is 5.91 Å². The van der Waals surface area contributed by atoms with Gasteiger partial charge in [-0.2, -0.15) is 5.10 Å². The zero-order chi connectivity index (χ0) is 17.7. The van der Waals surface area contributed by atoms with Crippen LogP contribution in [0.5, 0.6) is 5.75 Å². The molecule has 1 aromatic heterocycles. The van der Waals surface area contributed by atoms with Crippen LogP contribution in [-0.4, -0.2) is 22.1 Å². The summed E-state index contributed by atoms with van der Waals surface area (Å²) < 4.78 is 42.3. The number of carbonyl (C=O) groups excluding carboxylic acids is 1. The van der Waals surface area contributed by atoms with Gasteiger partial charge in [0.05, 0.1) is 11.8 Å². The summed E-state index contributed by atoms with van der Waals surface area (Å²) in [6.45, 7) is 4.62. The number of aryl methyl sites for hydroxylation is 1. The molecule has 0 aliphatic heterocycles. The molecular weight excluding hydrogens is 323 g/mol. The number of hydrogen-bond donors (Lipinski definition) is 1. The fourth-order valence-electron chi connectivity index (χ4n) is 2.24. The summed E-state index contributed by atoms with van der Waals surface area (Å²) in [6, 6.07) is 5.49. The lowest BCUT2D eigenvalue weighted by molar-refractivity contribution is -0.274. The third-order valence-electron chi connectivity index (χ3n) is 3.37. The number of amides is 1. The Balaban J connectivity index is 2.00. The van der Waals surface area contributed by atoms with Crippen molar-refractivity contribution in [3.8, 4) is 5.75 Å². The number of hydrogen-bond acceptors (Lipinski definition) is 3. The molecule has 0 saturated heterocycles. The Morgan fingerprint density at radius 2 is 2.12 bits per heavy atom. The Morgan fingerprint density at radius 1 is 1.38 bits per heavy atom. The maximum Gasteiger partial charge on any atom is 0.573 e. The Labute approximate surface area is 137 Å². The molecule has 0 bridgehead atoms. The van der Waals surface area contributed by atoms with Crippen LogP contribution in [0.2, 0.25) is 0 Å². The minimum atomic E-state index is -4.74. The summed E-state index contributed by atoms with van der Waals surface area (Å²) in [6.07, 6.45) is -2.36. The highest BCUT2D eigenvalue weighted by molar-refractivity contribution is 5.94. The van der Waals surface area contributed by atoms with Crippen molar-refractivity contribution in [2.75, 3.05) is 0 Å². The van der Waals surface area contributed by atoms with Gasteiger partial charge in [-0.1, -0.05) is 19.1 Å². The van der Waals surface area contributed by atoms with Crippen LogP contribution in [0.1, 0.15) is 35.0 Å². The standard InChI is InChI=1S/C16H18F3N3O2/c1-3-7-22-11(2)14(10-21-22)15(23)20-9-12-5-4-6-13(8-12)24-16(17,18)19/h4-6,8,10H,3,7,9H2,1-2H3,(H,20,23). The molecule has 0 fully saturated rings. The normalized spacial score (nSPS) is 11.4. The number of nitrogens with zero attached hydrogens (tertiary/aromatic N) is 2. The molecule has 8 heteroatoms. The molecule has 0 aliphatic carbocycles. The van der Waals surface area contributed by atoms with Crippen LogP contribution in [0.3, 0.4) is 0 Å². The van der Waals surface area contributed by atoms with Gasteiger partial charge in [0, 0.05) is 18.8 Å². The average molecular weight is 341 g/mol. The molecule has 0 aliphatic rings. The molecule has 1 aromatic carbocycles. The summed E-state index contributed by atoms with van der Waals surface area (Å²) in [7, 11) is 0. The maximum absolute atomic E-state index is 12.2. The molecule has 5 nitrogen and oxygen atoms in total. The lowest BCUT2D eigenvalue weighted by Gasteiger charge is -2.10. The Kier molecular flexibility index (Phi) is 5.48. The SMILES string of the molecule is CCCn1ncc(C(=O)NCc2cccc(OC(F)(F)F)c2)c1C. The van der Waals surface area contributed by atoms with Crippen molar-refractivity contribution in [3.63, 3.8) is 0 Å². The van der Waals surface area contributed by atoms with E-state index in [9.17, 15) is 18.0 Å². The summed E-state index contributed by atoms with van der Waals surface area (Å²) >= 11 is 0. The monoisotopic (exact) mass is 341 g/mol. The fourth-order valence-corrected chi connectivity index (χ4v) is 2.24. The van der Waals surface area contributed by atoms with E-state index in [4.69, 9.17) is 0 Å². The molecular formula is C16H18F3N3O2. The van der Waals surface area contributed by atoms with E-state index >= 15 is 0 Å². The lowest BCUT2D eigenvalue weighted by Crippen LogP contribution is -2.23. The molecule has 0 radical (unpaired) electrons. The van der Waals surface area contributed by atoms with E-state index in [-0.39, 0.29) is 18.2 Å². The van der Waals surface area contributed by atoms with Crippen LogP contribution in [-0.2, 0) is 13.1 Å². The van der Waals surface area contributed by atoms with E-state index in [1.54, 1.807) is 17.7 Å². The van der Waals surface area contributed by atoms with Crippen molar-refractivity contribution in [2.24, 2.45) is 0 Å². The average Bonchev–Trinajstić information content (AvgIpc) is 2.85. The second-order valence-corrected chi connectivity index (χ2v) is 5.24. The molecule has 0 atom stereocenters. The highest BCUT2D eigenvalue weighted by Crippen LogP contribution is 2.23. The van der Waals surface area contributed by atoms with Crippen LogP contribution in [0.15, 0.2) is 30.5 Å². The van der Waals surface area contributed by atoms with E-state index < -0.39 is 6.36 Å². The summed E-state index contributed by atoms with van der Waals surface area (Å²) in [4.78, 5) is 12.2. The number of carbonyl (C=O) groups is 1. The van der Waals surface area contributed by atoms with Gasteiger partial charge in [0.25, 0.3) is 5.91 Å². The van der Waals surface area contributed by atoms with Gasteiger partial charge in [-0.15, -0.1) is 13.2 Å². The first-order valence-electron chi connectivity index (χ1n) is 7.45. The quantitative estimate of drug-likeness (QED) is 0.876. The molecule has 0 spiro atoms. The first-order valence-corrected chi connectivity index (χ1v) is 7.45. The molecule has 2 aromatic rings. The highest BCUT2D eigenvalue weighted by Gasteiger charge is 2.31. The van der Waals surface area contributed by atoms with Crippen molar-refractivity contribution < 1.29 is 22.7 Å². The highest BCUT2D eigenvalue weighted by atomic mass is 19.4. The number of benzene rings is 1. The van der Waals surface area contributed by atoms with E-state index in [0.717, 1.165) is 18.7 Å². The second kappa shape index (κ2) is 7.37. The topological polar surface area (TPSA) is 56.2 Å². The number of halogens is 3. The number of rotatable bonds is 6. The van der Waals surface area contributed by atoms with Crippen LogP contribution in [0, 0.1) is 6.92 Å². The van der Waals surface area contributed by atoms with Crippen LogP contribution >= 0.6 is 0 Å². The third-order valence-corrected chi connectivity index (χ3v) is 3.37. The van der Waals surface area contributed by atoms with Gasteiger partial charge in [0.15, 0.2) is 0 Å². The van der Waals surface area contributed by atoms with E-state index in [1.165, 1.54) is 24.4 Å². The van der Waals surface area contributed by atoms with Gasteiger partial charge in [-0.3, -0.25) is 9.48 Å². The van der Waals surface area contributed by atoms with Gasteiger partial charge in [-0.25, -0.2) is 0 Å². The molecule has 1 heterocycles. The number of nitrogens with one attached hydrogen (secondary N) is 1. The molecule has 130 valence electrons. The summed E-state index contributed by atoms with van der Waals surface area (Å²) in [5.41, 5.74) is 1.71. The molecule has 1 amide bonds. The maximum atomic E-state index is 12.2. The summed E-state index contributed by atoms with van der Waals surface area (Å²) in [5.74, 6) is -0.641. The third kappa shape index (κ3) is 4.74. The van der Waals surface area contributed by atoms with Crippen LogP contribution < -0.4 is 10.1 Å². The second-order valence-electron chi connectivity index (χ2n) is 5.24. The Hall–Kier alpha value is -2.51. The molecule has 0 unspecified atom stereocenters. The number of ether oxygens (including phenoxy) is 1. The first-order chi connectivity index (χ1) is 11.3. The van der Waals surface area contributed by atoms with E-state index in [0.29, 0.717) is 11.1 Å².